The summed E-state index contributed by atoms with van der Waals surface area (Å²) in [5, 5.41) is 11.2. The smallest absolute Gasteiger partial charge is 0.195 e. The highest BCUT2D eigenvalue weighted by Gasteiger charge is 2.12. The Morgan fingerprint density at radius 2 is 1.76 bits per heavy atom. The Balaban J connectivity index is 1.95. The number of pyridine rings is 1. The highest BCUT2D eigenvalue weighted by Crippen LogP contribution is 2.23. The zero-order valence-electron chi connectivity index (χ0n) is 14.0. The van der Waals surface area contributed by atoms with Gasteiger partial charge in [-0.2, -0.15) is 5.26 Å². The Hall–Kier alpha value is -2.93. The largest absolute Gasteiger partial charge is 0.370 e. The van der Waals surface area contributed by atoms with Crippen molar-refractivity contribution in [1.29, 1.82) is 5.26 Å². The molecule has 0 saturated carbocycles. The van der Waals surface area contributed by atoms with E-state index in [1.807, 2.05) is 24.4 Å². The van der Waals surface area contributed by atoms with Gasteiger partial charge in [0.05, 0.1) is 34.4 Å². The van der Waals surface area contributed by atoms with E-state index in [9.17, 15) is 10.1 Å². The molecule has 0 spiro atoms. The van der Waals surface area contributed by atoms with Gasteiger partial charge in [0.15, 0.2) is 5.43 Å². The molecule has 2 aromatic carbocycles. The molecular formula is C21H19N3O. The Morgan fingerprint density at radius 3 is 2.52 bits per heavy atom. The molecule has 25 heavy (non-hydrogen) atoms. The normalized spacial score (nSPS) is 15.1. The van der Waals surface area contributed by atoms with Gasteiger partial charge in [-0.1, -0.05) is 31.0 Å². The molecule has 4 heteroatoms. The van der Waals surface area contributed by atoms with Crippen molar-refractivity contribution in [3.63, 3.8) is 0 Å². The lowest BCUT2D eigenvalue weighted by molar-refractivity contribution is 0.726. The van der Waals surface area contributed by atoms with Crippen molar-refractivity contribution < 1.29 is 0 Å². The number of hydrogen-bond donors (Lipinski definition) is 0. The zero-order chi connectivity index (χ0) is 17.2. The van der Waals surface area contributed by atoms with E-state index in [0.717, 1.165) is 18.8 Å². The highest BCUT2D eigenvalue weighted by molar-refractivity contribution is 5.95. The Labute approximate surface area is 146 Å². The molecule has 1 aromatic heterocycles. The molecule has 4 nitrogen and oxygen atoms in total. The van der Waals surface area contributed by atoms with Crippen LogP contribution in [-0.4, -0.2) is 18.1 Å². The molecule has 1 fully saturated rings. The first-order valence-corrected chi connectivity index (χ1v) is 8.79. The average molecular weight is 329 g/mol. The molecule has 0 atom stereocenters. The fourth-order valence-electron chi connectivity index (χ4n) is 3.63. The zero-order valence-corrected chi connectivity index (χ0v) is 14.0. The number of aromatic nitrogens is 1. The third kappa shape index (κ3) is 2.83. The van der Waals surface area contributed by atoms with Gasteiger partial charge in [0.2, 0.25) is 0 Å². The van der Waals surface area contributed by atoms with Gasteiger partial charge in [-0.25, -0.2) is 0 Å². The lowest BCUT2D eigenvalue weighted by Gasteiger charge is -2.22. The molecule has 0 N–H and O–H groups in total. The van der Waals surface area contributed by atoms with Crippen molar-refractivity contribution in [2.45, 2.75) is 25.7 Å². The summed E-state index contributed by atoms with van der Waals surface area (Å²) in [6.45, 7) is 2.03. The molecule has 0 bridgehead atoms. The molecule has 1 aliphatic rings. The van der Waals surface area contributed by atoms with Crippen molar-refractivity contribution in [3.05, 3.63) is 58.4 Å². The van der Waals surface area contributed by atoms with Crippen LogP contribution >= 0.6 is 0 Å². The predicted molar refractivity (Wildman–Crippen MR) is 101 cm³/mol. The first-order valence-electron chi connectivity index (χ1n) is 8.79. The molecule has 0 unspecified atom stereocenters. The number of benzene rings is 1. The number of rotatable bonds is 1. The van der Waals surface area contributed by atoms with Gasteiger partial charge in [-0.05, 0) is 31.0 Å². The molecule has 1 saturated heterocycles. The summed E-state index contributed by atoms with van der Waals surface area (Å²) in [7, 11) is 0. The van der Waals surface area contributed by atoms with Gasteiger partial charge in [-0.15, -0.1) is 0 Å². The van der Waals surface area contributed by atoms with Crippen LogP contribution < -0.4 is 10.3 Å². The Kier molecular flexibility index (Phi) is 4.07. The van der Waals surface area contributed by atoms with Crippen LogP contribution in [0.3, 0.4) is 0 Å². The summed E-state index contributed by atoms with van der Waals surface area (Å²) in [6, 6.07) is 13.1. The van der Waals surface area contributed by atoms with Crippen molar-refractivity contribution >= 4 is 27.4 Å². The van der Waals surface area contributed by atoms with E-state index in [-0.39, 0.29) is 5.43 Å². The summed E-state index contributed by atoms with van der Waals surface area (Å²) in [5.41, 5.74) is 2.14. The molecular weight excluding hydrogens is 310 g/mol. The van der Waals surface area contributed by atoms with Crippen molar-refractivity contribution in [1.82, 2.24) is 4.98 Å². The van der Waals surface area contributed by atoms with Gasteiger partial charge >= 0.3 is 0 Å². The number of fused-ring (bicyclic) bond motifs is 2. The SMILES string of the molecule is N#Cc1cccc2c(=O)c3cc(N4CCCCCC4)cnc3ccc12. The third-order valence-electron chi connectivity index (χ3n) is 5.00. The van der Waals surface area contributed by atoms with Crippen LogP contribution in [-0.2, 0) is 0 Å². The fraction of sp³-hybridized carbons (Fsp3) is 0.286. The monoisotopic (exact) mass is 329 g/mol. The van der Waals surface area contributed by atoms with Crippen LogP contribution in [0.2, 0.25) is 0 Å². The molecule has 0 amide bonds. The van der Waals surface area contributed by atoms with Crippen molar-refractivity contribution in [2.24, 2.45) is 0 Å². The number of hydrogen-bond acceptors (Lipinski definition) is 4. The second-order valence-electron chi connectivity index (χ2n) is 6.57. The summed E-state index contributed by atoms with van der Waals surface area (Å²) >= 11 is 0. The second-order valence-corrected chi connectivity index (χ2v) is 6.57. The van der Waals surface area contributed by atoms with E-state index >= 15 is 0 Å². The van der Waals surface area contributed by atoms with Crippen LogP contribution in [0.25, 0.3) is 21.7 Å². The van der Waals surface area contributed by atoms with Gasteiger partial charge in [0.1, 0.15) is 0 Å². The van der Waals surface area contributed by atoms with Gasteiger partial charge in [-0.3, -0.25) is 9.78 Å². The molecule has 1 aliphatic heterocycles. The van der Waals surface area contributed by atoms with Gasteiger partial charge < -0.3 is 4.90 Å². The second kappa shape index (κ2) is 6.52. The van der Waals surface area contributed by atoms with Crippen LogP contribution in [0.5, 0.6) is 0 Å². The summed E-state index contributed by atoms with van der Waals surface area (Å²) < 4.78 is 0. The molecule has 4 rings (SSSR count). The topological polar surface area (TPSA) is 57.0 Å². The lowest BCUT2D eigenvalue weighted by Crippen LogP contribution is -2.24. The maximum absolute atomic E-state index is 13.1. The summed E-state index contributed by atoms with van der Waals surface area (Å²) in [4.78, 5) is 20.0. The quantitative estimate of drug-likeness (QED) is 0.677. The van der Waals surface area contributed by atoms with E-state index < -0.39 is 0 Å². The number of nitrogens with zero attached hydrogens (tertiary/aromatic N) is 3. The molecule has 0 aliphatic carbocycles. The van der Waals surface area contributed by atoms with E-state index in [4.69, 9.17) is 0 Å². The summed E-state index contributed by atoms with van der Waals surface area (Å²) in [5.74, 6) is 0. The minimum absolute atomic E-state index is 0.0590. The minimum Gasteiger partial charge on any atom is -0.370 e. The van der Waals surface area contributed by atoms with Crippen LogP contribution in [0, 0.1) is 11.3 Å². The van der Waals surface area contributed by atoms with Gasteiger partial charge in [0.25, 0.3) is 0 Å². The maximum atomic E-state index is 13.1. The Morgan fingerprint density at radius 1 is 0.960 bits per heavy atom. The predicted octanol–water partition coefficient (Wildman–Crippen LogP) is 4.00. The first-order chi connectivity index (χ1) is 12.3. The molecule has 0 radical (unpaired) electrons. The van der Waals surface area contributed by atoms with E-state index in [2.05, 4.69) is 16.0 Å². The summed E-state index contributed by atoms with van der Waals surface area (Å²) in [6.07, 6.45) is 6.75. The average Bonchev–Trinajstić information content (AvgIpc) is 3.00. The first kappa shape index (κ1) is 15.6. The number of anilines is 1. The van der Waals surface area contributed by atoms with E-state index in [1.165, 1.54) is 25.7 Å². The lowest BCUT2D eigenvalue weighted by atomic mass is 10.1. The van der Waals surface area contributed by atoms with Crippen molar-refractivity contribution in [3.8, 4) is 6.07 Å². The standard InChI is InChI=1S/C21H19N3O/c22-13-15-6-5-7-18-17(15)8-9-20-19(21(18)25)12-16(14-23-20)24-10-3-1-2-4-11-24/h5-9,12,14H,1-4,10-11H2. The molecule has 2 heterocycles. The van der Waals surface area contributed by atoms with Gasteiger partial charge in [0, 0.05) is 23.9 Å². The van der Waals surface area contributed by atoms with Crippen LogP contribution in [0.1, 0.15) is 31.2 Å². The Bertz CT molecular complexity index is 1040. The van der Waals surface area contributed by atoms with Crippen LogP contribution in [0.15, 0.2) is 47.4 Å². The molecule has 124 valence electrons. The van der Waals surface area contributed by atoms with E-state index in [1.54, 1.807) is 18.2 Å². The van der Waals surface area contributed by atoms with Crippen LogP contribution in [0.4, 0.5) is 5.69 Å². The minimum atomic E-state index is -0.0590. The number of nitriles is 1. The van der Waals surface area contributed by atoms with Crippen molar-refractivity contribution in [2.75, 3.05) is 18.0 Å². The highest BCUT2D eigenvalue weighted by atomic mass is 16.1. The molecule has 3 aromatic rings. The third-order valence-corrected chi connectivity index (χ3v) is 5.00. The van der Waals surface area contributed by atoms with E-state index in [0.29, 0.717) is 27.2 Å². The fourth-order valence-corrected chi connectivity index (χ4v) is 3.63. The maximum Gasteiger partial charge on any atom is 0.195 e.